The minimum absolute atomic E-state index is 0.0111. The Hall–Kier alpha value is -3.07. The average molecular weight is 376 g/mol. The number of nitriles is 1. The number of carbonyl (C=O) groups is 1. The summed E-state index contributed by atoms with van der Waals surface area (Å²) in [5.41, 5.74) is 3.30. The summed E-state index contributed by atoms with van der Waals surface area (Å²) in [6.45, 7) is 5.77. The van der Waals surface area contributed by atoms with Gasteiger partial charge >= 0.3 is 6.03 Å². The Kier molecular flexibility index (Phi) is 4.68. The number of hydrogen-bond acceptors (Lipinski definition) is 3. The minimum atomic E-state index is -0.0459. The van der Waals surface area contributed by atoms with Gasteiger partial charge in [-0.3, -0.25) is 4.79 Å². The summed E-state index contributed by atoms with van der Waals surface area (Å²) in [7, 11) is 0. The molecule has 1 N–H and O–H groups in total. The number of aromatic nitrogens is 1. The number of urea groups is 1. The predicted octanol–water partition coefficient (Wildman–Crippen LogP) is 2.92. The monoisotopic (exact) mass is 376 g/mol. The lowest BCUT2D eigenvalue weighted by atomic mass is 9.80. The fourth-order valence-electron chi connectivity index (χ4n) is 4.56. The van der Waals surface area contributed by atoms with Gasteiger partial charge in [-0.15, -0.1) is 0 Å². The highest BCUT2D eigenvalue weighted by atomic mass is 16.2. The molecule has 0 radical (unpaired) electrons. The zero-order chi connectivity index (χ0) is 19.8. The van der Waals surface area contributed by atoms with Gasteiger partial charge in [-0.2, -0.15) is 5.26 Å². The Labute approximate surface area is 164 Å². The van der Waals surface area contributed by atoms with Crippen molar-refractivity contribution in [2.45, 2.75) is 38.8 Å². The first-order valence-electron chi connectivity index (χ1n) is 9.76. The molecule has 2 atom stereocenters. The number of piperidine rings is 1. The van der Waals surface area contributed by atoms with Gasteiger partial charge in [0, 0.05) is 54.5 Å². The summed E-state index contributed by atoms with van der Waals surface area (Å²) < 4.78 is 1.86. The molecule has 28 heavy (non-hydrogen) atoms. The van der Waals surface area contributed by atoms with Gasteiger partial charge in [-0.25, -0.2) is 4.79 Å². The molecule has 2 aliphatic heterocycles. The second-order valence-electron chi connectivity index (χ2n) is 8.05. The molecule has 6 heteroatoms. The van der Waals surface area contributed by atoms with Crippen molar-refractivity contribution in [3.63, 3.8) is 0 Å². The van der Waals surface area contributed by atoms with Crippen molar-refractivity contribution in [3.8, 4) is 17.2 Å². The number of benzene rings is 1. The van der Waals surface area contributed by atoms with Gasteiger partial charge in [0.05, 0.1) is 11.6 Å². The number of nitrogens with zero attached hydrogens (tertiary/aromatic N) is 3. The molecule has 1 saturated heterocycles. The van der Waals surface area contributed by atoms with Crippen LogP contribution < -0.4 is 10.9 Å². The first-order valence-corrected chi connectivity index (χ1v) is 9.76. The van der Waals surface area contributed by atoms with E-state index in [0.29, 0.717) is 25.2 Å². The number of pyridine rings is 1. The molecule has 2 bridgehead atoms. The van der Waals surface area contributed by atoms with Gasteiger partial charge in [0.2, 0.25) is 0 Å². The van der Waals surface area contributed by atoms with E-state index in [0.717, 1.165) is 23.2 Å². The van der Waals surface area contributed by atoms with E-state index in [-0.39, 0.29) is 29.5 Å². The molecule has 2 amide bonds. The summed E-state index contributed by atoms with van der Waals surface area (Å²) in [5, 5.41) is 12.5. The fourth-order valence-corrected chi connectivity index (χ4v) is 4.56. The van der Waals surface area contributed by atoms with E-state index in [1.807, 2.05) is 47.6 Å². The van der Waals surface area contributed by atoms with Gasteiger partial charge in [-0.05, 0) is 38.3 Å². The second-order valence-corrected chi connectivity index (χ2v) is 8.05. The highest BCUT2D eigenvalue weighted by Crippen LogP contribution is 2.40. The summed E-state index contributed by atoms with van der Waals surface area (Å²) in [4.78, 5) is 27.1. The van der Waals surface area contributed by atoms with Crippen LogP contribution in [0.5, 0.6) is 0 Å². The van der Waals surface area contributed by atoms with Gasteiger partial charge in [-0.1, -0.05) is 18.2 Å². The average Bonchev–Trinajstić information content (AvgIpc) is 2.68. The van der Waals surface area contributed by atoms with E-state index >= 15 is 0 Å². The molecular formula is C22H24N4O2. The molecule has 1 fully saturated rings. The van der Waals surface area contributed by atoms with Gasteiger partial charge < -0.3 is 14.8 Å². The summed E-state index contributed by atoms with van der Waals surface area (Å²) >= 11 is 0. The summed E-state index contributed by atoms with van der Waals surface area (Å²) in [6, 6.07) is 13.2. The Morgan fingerprint density at radius 1 is 1.14 bits per heavy atom. The van der Waals surface area contributed by atoms with Crippen molar-refractivity contribution in [2.75, 3.05) is 13.1 Å². The van der Waals surface area contributed by atoms with Gasteiger partial charge in [0.25, 0.3) is 5.56 Å². The van der Waals surface area contributed by atoms with Crippen LogP contribution >= 0.6 is 0 Å². The largest absolute Gasteiger partial charge is 0.336 e. The van der Waals surface area contributed by atoms with E-state index < -0.39 is 0 Å². The second kappa shape index (κ2) is 7.16. The van der Waals surface area contributed by atoms with Gasteiger partial charge in [0.1, 0.15) is 0 Å². The summed E-state index contributed by atoms with van der Waals surface area (Å²) in [5.74, 6) is 0.351. The van der Waals surface area contributed by atoms with E-state index in [4.69, 9.17) is 0 Å². The highest BCUT2D eigenvalue weighted by molar-refractivity contribution is 5.76. The molecule has 2 aliphatic rings. The SMILES string of the molecule is CC(C)NC(=O)N1C[C@@H]2C[C@H](C1)c1c(-c3ccccc3C#N)ccc(=O)n1C2. The summed E-state index contributed by atoms with van der Waals surface area (Å²) in [6.07, 6.45) is 0.955. The van der Waals surface area contributed by atoms with Crippen molar-refractivity contribution in [3.05, 3.63) is 58.0 Å². The molecule has 0 aliphatic carbocycles. The lowest BCUT2D eigenvalue weighted by Gasteiger charge is -2.43. The van der Waals surface area contributed by atoms with Crippen LogP contribution in [0.15, 0.2) is 41.2 Å². The first kappa shape index (κ1) is 18.3. The Morgan fingerprint density at radius 2 is 1.93 bits per heavy atom. The fraction of sp³-hybridized carbons (Fsp3) is 0.409. The molecule has 0 unspecified atom stereocenters. The predicted molar refractivity (Wildman–Crippen MR) is 107 cm³/mol. The molecule has 6 nitrogen and oxygen atoms in total. The quantitative estimate of drug-likeness (QED) is 0.875. The third-order valence-corrected chi connectivity index (χ3v) is 5.63. The molecule has 2 aromatic rings. The van der Waals surface area contributed by atoms with Crippen LogP contribution in [0.1, 0.15) is 37.4 Å². The Balaban J connectivity index is 1.79. The molecule has 4 rings (SSSR count). The molecule has 3 heterocycles. The molecule has 0 saturated carbocycles. The Bertz CT molecular complexity index is 1020. The van der Waals surface area contributed by atoms with Crippen molar-refractivity contribution < 1.29 is 4.79 Å². The van der Waals surface area contributed by atoms with Crippen LogP contribution in [0.4, 0.5) is 4.79 Å². The van der Waals surface area contributed by atoms with Crippen molar-refractivity contribution in [1.29, 1.82) is 5.26 Å². The molecule has 1 aromatic carbocycles. The van der Waals surface area contributed by atoms with Crippen LogP contribution in [-0.2, 0) is 6.54 Å². The normalized spacial score (nSPS) is 20.4. The lowest BCUT2D eigenvalue weighted by molar-refractivity contribution is 0.130. The molecule has 0 spiro atoms. The number of carbonyl (C=O) groups excluding carboxylic acids is 1. The smallest absolute Gasteiger partial charge is 0.317 e. The van der Waals surface area contributed by atoms with Crippen molar-refractivity contribution in [1.82, 2.24) is 14.8 Å². The van der Waals surface area contributed by atoms with E-state index in [1.54, 1.807) is 12.1 Å². The third-order valence-electron chi connectivity index (χ3n) is 5.63. The van der Waals surface area contributed by atoms with Crippen molar-refractivity contribution in [2.24, 2.45) is 5.92 Å². The van der Waals surface area contributed by atoms with E-state index in [2.05, 4.69) is 11.4 Å². The zero-order valence-electron chi connectivity index (χ0n) is 16.2. The van der Waals surface area contributed by atoms with E-state index in [1.165, 1.54) is 0 Å². The van der Waals surface area contributed by atoms with Crippen LogP contribution in [0.25, 0.3) is 11.1 Å². The number of fused-ring (bicyclic) bond motifs is 4. The van der Waals surface area contributed by atoms with Crippen LogP contribution in [0, 0.1) is 17.2 Å². The highest BCUT2D eigenvalue weighted by Gasteiger charge is 2.38. The number of likely N-dealkylation sites (tertiary alicyclic amines) is 1. The molecule has 1 aromatic heterocycles. The molecule has 144 valence electrons. The maximum atomic E-state index is 12.6. The maximum absolute atomic E-state index is 12.6. The minimum Gasteiger partial charge on any atom is -0.336 e. The topological polar surface area (TPSA) is 78.1 Å². The van der Waals surface area contributed by atoms with Crippen LogP contribution in [0.3, 0.4) is 0 Å². The lowest BCUT2D eigenvalue weighted by Crippen LogP contribution is -2.53. The van der Waals surface area contributed by atoms with Crippen LogP contribution in [0.2, 0.25) is 0 Å². The van der Waals surface area contributed by atoms with E-state index in [9.17, 15) is 14.9 Å². The number of amides is 2. The number of hydrogen-bond donors (Lipinski definition) is 1. The number of nitrogens with one attached hydrogen (secondary N) is 1. The van der Waals surface area contributed by atoms with Gasteiger partial charge in [0.15, 0.2) is 0 Å². The van der Waals surface area contributed by atoms with Crippen molar-refractivity contribution >= 4 is 6.03 Å². The number of rotatable bonds is 2. The standard InChI is InChI=1S/C22H24N4O2/c1-14(2)24-22(28)25-11-15-9-17(13-25)21-19(7-8-20(27)26(21)12-15)18-6-4-3-5-16(18)10-23/h3-8,14-15,17H,9,11-13H2,1-2H3,(H,24,28)/t15-,17+/m0/s1. The van der Waals surface area contributed by atoms with Crippen LogP contribution in [-0.4, -0.2) is 34.6 Å². The maximum Gasteiger partial charge on any atom is 0.317 e. The molecular weight excluding hydrogens is 352 g/mol. The zero-order valence-corrected chi connectivity index (χ0v) is 16.2. The first-order chi connectivity index (χ1) is 13.5. The third kappa shape index (κ3) is 3.18. The Morgan fingerprint density at radius 3 is 2.68 bits per heavy atom.